The lowest BCUT2D eigenvalue weighted by Gasteiger charge is -2.18. The van der Waals surface area contributed by atoms with E-state index in [-0.39, 0.29) is 0 Å². The van der Waals surface area contributed by atoms with Crippen LogP contribution in [0.4, 0.5) is 5.69 Å². The maximum absolute atomic E-state index is 11.8. The summed E-state index contributed by atoms with van der Waals surface area (Å²) in [5.74, 6) is -1.37. The summed E-state index contributed by atoms with van der Waals surface area (Å²) >= 11 is 0. The molecule has 3 N–H and O–H groups in total. The number of anilines is 1. The van der Waals surface area contributed by atoms with Gasteiger partial charge in [0, 0.05) is 12.2 Å². The lowest BCUT2D eigenvalue weighted by Crippen LogP contribution is -2.32. The van der Waals surface area contributed by atoms with Crippen molar-refractivity contribution in [3.63, 3.8) is 0 Å². The highest BCUT2D eigenvalue weighted by Crippen LogP contribution is 2.20. The predicted octanol–water partition coefficient (Wildman–Crippen LogP) is 0.547. The van der Waals surface area contributed by atoms with E-state index in [4.69, 9.17) is 5.11 Å². The van der Waals surface area contributed by atoms with Gasteiger partial charge in [-0.15, -0.1) is 0 Å². The van der Waals surface area contributed by atoms with Crippen molar-refractivity contribution in [3.05, 3.63) is 29.3 Å². The number of rotatable bonds is 4. The van der Waals surface area contributed by atoms with Crippen LogP contribution in [0.15, 0.2) is 18.2 Å². The molecule has 0 bridgehead atoms. The van der Waals surface area contributed by atoms with E-state index in [1.54, 1.807) is 12.1 Å². The maximum atomic E-state index is 11.8. The van der Waals surface area contributed by atoms with Crippen molar-refractivity contribution in [3.8, 4) is 0 Å². The summed E-state index contributed by atoms with van der Waals surface area (Å²) in [5, 5.41) is 10.5. The van der Waals surface area contributed by atoms with E-state index in [0.29, 0.717) is 12.2 Å². The van der Waals surface area contributed by atoms with Crippen LogP contribution in [0.5, 0.6) is 0 Å². The van der Waals surface area contributed by atoms with Crippen LogP contribution in [0.3, 0.4) is 0 Å². The summed E-state index contributed by atoms with van der Waals surface area (Å²) in [6.07, 6.45) is 0.911. The van der Waals surface area contributed by atoms with E-state index in [0.717, 1.165) is 25.5 Å². The molecule has 0 saturated heterocycles. The Balaban J connectivity index is 2.22. The van der Waals surface area contributed by atoms with Gasteiger partial charge in [-0.05, 0) is 43.1 Å². The molecule has 1 aromatic carbocycles. The summed E-state index contributed by atoms with van der Waals surface area (Å²) < 4.78 is 25.9. The molecule has 0 aliphatic carbocycles. The number of fused-ring (bicyclic) bond motifs is 1. The number of carboxylic acids is 1. The molecule has 1 atom stereocenters. The van der Waals surface area contributed by atoms with Crippen molar-refractivity contribution in [2.75, 3.05) is 11.3 Å². The van der Waals surface area contributed by atoms with Crippen molar-refractivity contribution >= 4 is 21.7 Å². The highest BCUT2D eigenvalue weighted by atomic mass is 32.2. The molecule has 2 rings (SSSR count). The quantitative estimate of drug-likeness (QED) is 0.750. The van der Waals surface area contributed by atoms with E-state index < -0.39 is 21.2 Å². The fraction of sp³-hybridized carbons (Fsp3) is 0.417. The molecule has 1 unspecified atom stereocenters. The molecular formula is C12H16N2O4S. The summed E-state index contributed by atoms with van der Waals surface area (Å²) in [5.41, 5.74) is 2.62. The van der Waals surface area contributed by atoms with Crippen molar-refractivity contribution < 1.29 is 18.3 Å². The van der Waals surface area contributed by atoms with E-state index in [1.165, 1.54) is 5.56 Å². The van der Waals surface area contributed by atoms with Crippen LogP contribution in [-0.2, 0) is 27.8 Å². The first-order valence-corrected chi connectivity index (χ1v) is 7.52. The summed E-state index contributed by atoms with van der Waals surface area (Å²) in [4.78, 5) is 10.7. The molecule has 1 aliphatic heterocycles. The number of sulfonamides is 1. The monoisotopic (exact) mass is 284 g/mol. The van der Waals surface area contributed by atoms with Gasteiger partial charge in [-0.2, -0.15) is 0 Å². The molecule has 7 heteroatoms. The van der Waals surface area contributed by atoms with Gasteiger partial charge in [-0.3, -0.25) is 9.52 Å². The number of nitrogens with one attached hydrogen (secondary N) is 2. The number of hydrogen-bond acceptors (Lipinski definition) is 4. The van der Waals surface area contributed by atoms with Crippen molar-refractivity contribution in [2.45, 2.75) is 25.1 Å². The summed E-state index contributed by atoms with van der Waals surface area (Å²) in [6.45, 7) is 2.75. The highest BCUT2D eigenvalue weighted by molar-refractivity contribution is 7.94. The summed E-state index contributed by atoms with van der Waals surface area (Å²) in [7, 11) is -3.91. The van der Waals surface area contributed by atoms with E-state index >= 15 is 0 Å². The zero-order valence-corrected chi connectivity index (χ0v) is 11.3. The lowest BCUT2D eigenvalue weighted by molar-refractivity contribution is -0.136. The van der Waals surface area contributed by atoms with Crippen LogP contribution in [0, 0.1) is 0 Å². The average Bonchev–Trinajstić information content (AvgIpc) is 2.37. The fourth-order valence-corrected chi connectivity index (χ4v) is 2.83. The highest BCUT2D eigenvalue weighted by Gasteiger charge is 2.27. The summed E-state index contributed by atoms with van der Waals surface area (Å²) in [6, 6.07) is 5.28. The number of hydrogen-bond donors (Lipinski definition) is 3. The second-order valence-corrected chi connectivity index (χ2v) is 6.54. The van der Waals surface area contributed by atoms with Gasteiger partial charge in [0.05, 0.1) is 0 Å². The molecule has 104 valence electrons. The molecule has 0 aromatic heterocycles. The van der Waals surface area contributed by atoms with Crippen LogP contribution in [0.1, 0.15) is 18.1 Å². The molecule has 0 spiro atoms. The topological polar surface area (TPSA) is 95.5 Å². The minimum Gasteiger partial charge on any atom is -0.480 e. The van der Waals surface area contributed by atoms with Crippen molar-refractivity contribution in [2.24, 2.45) is 0 Å². The van der Waals surface area contributed by atoms with Crippen LogP contribution in [0.2, 0.25) is 0 Å². The maximum Gasteiger partial charge on any atom is 0.323 e. The standard InChI is InChI=1S/C12H16N2O4S/c1-8(12(15)16)19(17,18)14-11-3-2-9-4-5-13-7-10(9)6-11/h2-3,6,8,13-14H,4-5,7H2,1H3,(H,15,16). The Kier molecular flexibility index (Phi) is 3.77. The van der Waals surface area contributed by atoms with Gasteiger partial charge in [-0.1, -0.05) is 6.07 Å². The predicted molar refractivity (Wildman–Crippen MR) is 71.5 cm³/mol. The fourth-order valence-electron chi connectivity index (χ4n) is 1.93. The van der Waals surface area contributed by atoms with E-state index in [9.17, 15) is 13.2 Å². The average molecular weight is 284 g/mol. The van der Waals surface area contributed by atoms with Gasteiger partial charge >= 0.3 is 5.97 Å². The zero-order valence-electron chi connectivity index (χ0n) is 10.5. The van der Waals surface area contributed by atoms with Crippen molar-refractivity contribution in [1.29, 1.82) is 0 Å². The first-order valence-electron chi connectivity index (χ1n) is 5.97. The van der Waals surface area contributed by atoms with Gasteiger partial charge < -0.3 is 10.4 Å². The minimum absolute atomic E-state index is 0.399. The van der Waals surface area contributed by atoms with Crippen LogP contribution < -0.4 is 10.0 Å². The Hall–Kier alpha value is -1.60. The molecule has 1 heterocycles. The first-order chi connectivity index (χ1) is 8.90. The van der Waals surface area contributed by atoms with Gasteiger partial charge in [0.15, 0.2) is 5.25 Å². The number of aliphatic carboxylic acids is 1. The zero-order chi connectivity index (χ0) is 14.0. The van der Waals surface area contributed by atoms with E-state index in [1.807, 2.05) is 6.07 Å². The molecule has 19 heavy (non-hydrogen) atoms. The third-order valence-corrected chi connectivity index (χ3v) is 4.82. The molecule has 0 radical (unpaired) electrons. The van der Waals surface area contributed by atoms with Gasteiger partial charge in [0.2, 0.25) is 10.0 Å². The molecular weight excluding hydrogens is 268 g/mol. The van der Waals surface area contributed by atoms with Crippen LogP contribution in [-0.4, -0.2) is 31.3 Å². The molecule has 0 amide bonds. The lowest BCUT2D eigenvalue weighted by atomic mass is 10.0. The Labute approximate surface area is 111 Å². The Morgan fingerprint density at radius 2 is 2.16 bits per heavy atom. The molecule has 0 fully saturated rings. The Morgan fingerprint density at radius 1 is 1.42 bits per heavy atom. The second kappa shape index (κ2) is 5.18. The van der Waals surface area contributed by atoms with Crippen LogP contribution in [0.25, 0.3) is 0 Å². The SMILES string of the molecule is CC(C(=O)O)S(=O)(=O)Nc1ccc2c(c1)CNCC2. The van der Waals surface area contributed by atoms with Crippen LogP contribution >= 0.6 is 0 Å². The molecule has 1 aliphatic rings. The second-order valence-electron chi connectivity index (χ2n) is 4.54. The largest absolute Gasteiger partial charge is 0.480 e. The van der Waals surface area contributed by atoms with Gasteiger partial charge in [-0.25, -0.2) is 8.42 Å². The third-order valence-electron chi connectivity index (χ3n) is 3.17. The Morgan fingerprint density at radius 3 is 2.84 bits per heavy atom. The number of carboxylic acid groups (broad SMARTS) is 1. The van der Waals surface area contributed by atoms with Gasteiger partial charge in [0.1, 0.15) is 0 Å². The van der Waals surface area contributed by atoms with Crippen molar-refractivity contribution in [1.82, 2.24) is 5.32 Å². The number of carbonyl (C=O) groups is 1. The minimum atomic E-state index is -3.91. The van der Waals surface area contributed by atoms with E-state index in [2.05, 4.69) is 10.0 Å². The molecule has 0 saturated carbocycles. The molecule has 6 nitrogen and oxygen atoms in total. The smallest absolute Gasteiger partial charge is 0.323 e. The third kappa shape index (κ3) is 3.05. The molecule has 1 aromatic rings. The first kappa shape index (κ1) is 13.8. The Bertz CT molecular complexity index is 598. The normalized spacial score (nSPS) is 16.5. The van der Waals surface area contributed by atoms with Gasteiger partial charge in [0.25, 0.3) is 0 Å². The number of benzene rings is 1.